The van der Waals surface area contributed by atoms with Crippen molar-refractivity contribution in [3.8, 4) is 0 Å². The Bertz CT molecular complexity index is 431. The molecule has 21 heavy (non-hydrogen) atoms. The summed E-state index contributed by atoms with van der Waals surface area (Å²) in [5, 5.41) is 0. The summed E-state index contributed by atoms with van der Waals surface area (Å²) in [5.41, 5.74) is 3.24. The minimum absolute atomic E-state index is 0.270. The molecule has 1 aromatic carbocycles. The minimum Gasteiger partial charge on any atom is -0.462 e. The number of ether oxygens (including phenoxy) is 1. The highest BCUT2D eigenvalue weighted by molar-refractivity contribution is 5.86. The Kier molecular flexibility index (Phi) is 8.49. The van der Waals surface area contributed by atoms with Gasteiger partial charge in [0.05, 0.1) is 6.61 Å². The van der Waals surface area contributed by atoms with Gasteiger partial charge in [0, 0.05) is 5.57 Å². The molecular formula is C19H28O2. The molecule has 2 heteroatoms. The predicted octanol–water partition coefficient (Wildman–Crippen LogP) is 5.00. The lowest BCUT2D eigenvalue weighted by Crippen LogP contribution is -2.05. The lowest BCUT2D eigenvalue weighted by molar-refractivity contribution is -0.139. The van der Waals surface area contributed by atoms with Crippen LogP contribution in [0.15, 0.2) is 36.4 Å². The van der Waals surface area contributed by atoms with E-state index in [1.807, 2.05) is 0 Å². The van der Waals surface area contributed by atoms with Crippen LogP contribution in [0.5, 0.6) is 0 Å². The van der Waals surface area contributed by atoms with Gasteiger partial charge in [-0.3, -0.25) is 0 Å². The van der Waals surface area contributed by atoms with E-state index in [0.717, 1.165) is 12.8 Å². The van der Waals surface area contributed by atoms with Crippen LogP contribution < -0.4 is 0 Å². The molecule has 0 radical (unpaired) electrons. The summed E-state index contributed by atoms with van der Waals surface area (Å²) in [7, 11) is 0. The molecule has 0 aliphatic rings. The van der Waals surface area contributed by atoms with Gasteiger partial charge in [0.25, 0.3) is 0 Å². The highest BCUT2D eigenvalue weighted by Crippen LogP contribution is 2.11. The molecular weight excluding hydrogens is 260 g/mol. The van der Waals surface area contributed by atoms with Crippen LogP contribution in [0.2, 0.25) is 0 Å². The smallest absolute Gasteiger partial charge is 0.333 e. The van der Waals surface area contributed by atoms with E-state index in [-0.39, 0.29) is 5.97 Å². The van der Waals surface area contributed by atoms with Gasteiger partial charge in [-0.15, -0.1) is 0 Å². The molecule has 0 heterocycles. The topological polar surface area (TPSA) is 26.3 Å². The van der Waals surface area contributed by atoms with Crippen LogP contribution in [-0.4, -0.2) is 12.6 Å². The second kappa shape index (κ2) is 10.2. The van der Waals surface area contributed by atoms with Crippen molar-refractivity contribution in [2.75, 3.05) is 6.61 Å². The predicted molar refractivity (Wildman–Crippen MR) is 88.4 cm³/mol. The van der Waals surface area contributed by atoms with Crippen molar-refractivity contribution in [2.45, 2.75) is 58.8 Å². The van der Waals surface area contributed by atoms with E-state index in [1.54, 1.807) is 6.92 Å². The van der Waals surface area contributed by atoms with Gasteiger partial charge in [0.2, 0.25) is 0 Å². The average molecular weight is 288 g/mol. The Morgan fingerprint density at radius 3 is 2.19 bits per heavy atom. The van der Waals surface area contributed by atoms with E-state index in [9.17, 15) is 4.79 Å². The average Bonchev–Trinajstić information content (AvgIpc) is 2.47. The van der Waals surface area contributed by atoms with Gasteiger partial charge in [-0.05, 0) is 38.7 Å². The van der Waals surface area contributed by atoms with Crippen molar-refractivity contribution in [2.24, 2.45) is 0 Å². The SMILES string of the molecule is C=C(C)C(=O)OCCCCCCCCc1ccc(C)cc1. The molecule has 0 N–H and O–H groups in total. The first-order valence-corrected chi connectivity index (χ1v) is 7.98. The van der Waals surface area contributed by atoms with E-state index < -0.39 is 0 Å². The molecule has 0 fully saturated rings. The first kappa shape index (κ1) is 17.5. The van der Waals surface area contributed by atoms with Gasteiger partial charge in [-0.1, -0.05) is 62.1 Å². The summed E-state index contributed by atoms with van der Waals surface area (Å²) < 4.78 is 5.06. The standard InChI is InChI=1S/C19H28O2/c1-16(2)19(20)21-15-9-7-5-4-6-8-10-18-13-11-17(3)12-14-18/h11-14H,1,4-10,15H2,2-3H3. The Morgan fingerprint density at radius 2 is 1.57 bits per heavy atom. The molecule has 0 aliphatic heterocycles. The first-order valence-electron chi connectivity index (χ1n) is 7.98. The largest absolute Gasteiger partial charge is 0.462 e. The number of unbranched alkanes of at least 4 members (excludes halogenated alkanes) is 5. The first-order chi connectivity index (χ1) is 10.1. The summed E-state index contributed by atoms with van der Waals surface area (Å²) in [6.07, 6.45) is 8.29. The van der Waals surface area contributed by atoms with Crippen LogP contribution in [0.4, 0.5) is 0 Å². The maximum Gasteiger partial charge on any atom is 0.333 e. The fraction of sp³-hybridized carbons (Fsp3) is 0.526. The third-order valence-corrected chi connectivity index (χ3v) is 3.56. The van der Waals surface area contributed by atoms with Gasteiger partial charge in [0.1, 0.15) is 0 Å². The van der Waals surface area contributed by atoms with Crippen molar-refractivity contribution < 1.29 is 9.53 Å². The van der Waals surface area contributed by atoms with Crippen LogP contribution in [0.3, 0.4) is 0 Å². The Morgan fingerprint density at radius 1 is 1.00 bits per heavy atom. The van der Waals surface area contributed by atoms with Crippen LogP contribution in [0, 0.1) is 6.92 Å². The molecule has 0 atom stereocenters. The molecule has 0 unspecified atom stereocenters. The van der Waals surface area contributed by atoms with Crippen molar-refractivity contribution in [1.82, 2.24) is 0 Å². The van der Waals surface area contributed by atoms with Gasteiger partial charge in [0.15, 0.2) is 0 Å². The molecule has 0 aliphatic carbocycles. The Labute approximate surface area is 129 Å². The third kappa shape index (κ3) is 8.34. The van der Waals surface area contributed by atoms with E-state index in [4.69, 9.17) is 4.74 Å². The van der Waals surface area contributed by atoms with Crippen molar-refractivity contribution >= 4 is 5.97 Å². The molecule has 0 saturated heterocycles. The fourth-order valence-electron chi connectivity index (χ4n) is 2.18. The molecule has 116 valence electrons. The van der Waals surface area contributed by atoms with Crippen molar-refractivity contribution in [3.05, 3.63) is 47.5 Å². The molecule has 0 aromatic heterocycles. The molecule has 0 spiro atoms. The zero-order valence-corrected chi connectivity index (χ0v) is 13.5. The third-order valence-electron chi connectivity index (χ3n) is 3.56. The van der Waals surface area contributed by atoms with Crippen molar-refractivity contribution in [1.29, 1.82) is 0 Å². The molecule has 1 aromatic rings. The quantitative estimate of drug-likeness (QED) is 0.344. The number of aryl methyl sites for hydroxylation is 2. The number of esters is 1. The highest BCUT2D eigenvalue weighted by atomic mass is 16.5. The summed E-state index contributed by atoms with van der Waals surface area (Å²) in [6.45, 7) is 7.88. The number of hydrogen-bond donors (Lipinski definition) is 0. The molecule has 0 amide bonds. The number of hydrogen-bond acceptors (Lipinski definition) is 2. The number of benzene rings is 1. The lowest BCUT2D eigenvalue weighted by atomic mass is 10.0. The number of carbonyl (C=O) groups is 1. The Balaban J connectivity index is 1.92. The van der Waals surface area contributed by atoms with Gasteiger partial charge >= 0.3 is 5.97 Å². The fourth-order valence-corrected chi connectivity index (χ4v) is 2.18. The van der Waals surface area contributed by atoms with Crippen LogP contribution >= 0.6 is 0 Å². The minimum atomic E-state index is -0.270. The lowest BCUT2D eigenvalue weighted by Gasteiger charge is -2.05. The zero-order chi connectivity index (χ0) is 15.5. The van der Waals surface area contributed by atoms with E-state index in [1.165, 1.54) is 43.2 Å². The number of carbonyl (C=O) groups excluding carboxylic acids is 1. The zero-order valence-electron chi connectivity index (χ0n) is 13.5. The van der Waals surface area contributed by atoms with Crippen LogP contribution in [0.1, 0.15) is 56.6 Å². The van der Waals surface area contributed by atoms with Crippen molar-refractivity contribution in [3.63, 3.8) is 0 Å². The molecule has 2 nitrogen and oxygen atoms in total. The molecule has 0 saturated carbocycles. The van der Waals surface area contributed by atoms with E-state index in [0.29, 0.717) is 12.2 Å². The number of rotatable bonds is 10. The second-order valence-electron chi connectivity index (χ2n) is 5.77. The van der Waals surface area contributed by atoms with Gasteiger partial charge in [-0.2, -0.15) is 0 Å². The summed E-state index contributed by atoms with van der Waals surface area (Å²) in [6, 6.07) is 8.82. The summed E-state index contributed by atoms with van der Waals surface area (Å²) in [5.74, 6) is -0.270. The summed E-state index contributed by atoms with van der Waals surface area (Å²) >= 11 is 0. The van der Waals surface area contributed by atoms with Gasteiger partial charge < -0.3 is 4.74 Å². The highest BCUT2D eigenvalue weighted by Gasteiger charge is 2.01. The summed E-state index contributed by atoms with van der Waals surface area (Å²) in [4.78, 5) is 11.2. The Hall–Kier alpha value is -1.57. The monoisotopic (exact) mass is 288 g/mol. The van der Waals surface area contributed by atoms with E-state index in [2.05, 4.69) is 37.8 Å². The molecule has 1 rings (SSSR count). The van der Waals surface area contributed by atoms with Crippen LogP contribution in [-0.2, 0) is 16.0 Å². The van der Waals surface area contributed by atoms with Gasteiger partial charge in [-0.25, -0.2) is 4.79 Å². The maximum atomic E-state index is 11.2. The van der Waals surface area contributed by atoms with E-state index >= 15 is 0 Å². The second-order valence-corrected chi connectivity index (χ2v) is 5.77. The maximum absolute atomic E-state index is 11.2. The normalized spacial score (nSPS) is 10.4. The van der Waals surface area contributed by atoms with Crippen LogP contribution in [0.25, 0.3) is 0 Å². The molecule has 0 bridgehead atoms.